The molecule has 1 atom stereocenters. The van der Waals surface area contributed by atoms with Crippen molar-refractivity contribution in [3.05, 3.63) is 60.0 Å². The van der Waals surface area contributed by atoms with Crippen molar-refractivity contribution in [1.82, 2.24) is 15.8 Å². The van der Waals surface area contributed by atoms with Crippen LogP contribution in [0.25, 0.3) is 21.8 Å². The number of rotatable bonds is 4. The van der Waals surface area contributed by atoms with Gasteiger partial charge in [0.05, 0.1) is 5.69 Å². The summed E-state index contributed by atoms with van der Waals surface area (Å²) in [4.78, 5) is 28.3. The molecule has 1 unspecified atom stereocenters. The van der Waals surface area contributed by atoms with Crippen LogP contribution < -0.4 is 16.2 Å². The van der Waals surface area contributed by atoms with Crippen LogP contribution in [0.3, 0.4) is 0 Å². The summed E-state index contributed by atoms with van der Waals surface area (Å²) >= 11 is 1.59. The van der Waals surface area contributed by atoms with E-state index in [1.54, 1.807) is 11.3 Å². The lowest BCUT2D eigenvalue weighted by molar-refractivity contribution is -0.126. The van der Waals surface area contributed by atoms with Crippen molar-refractivity contribution in [1.29, 1.82) is 0 Å². The van der Waals surface area contributed by atoms with Gasteiger partial charge in [0.25, 0.3) is 0 Å². The molecule has 3 aromatic rings. The first-order chi connectivity index (χ1) is 13.2. The number of benzene rings is 2. The number of hydrogen-bond donors (Lipinski definition) is 3. The second kappa shape index (κ2) is 7.69. The molecule has 3 N–H and O–H groups in total. The van der Waals surface area contributed by atoms with Crippen molar-refractivity contribution in [3.63, 3.8) is 0 Å². The van der Waals surface area contributed by atoms with E-state index in [1.165, 1.54) is 0 Å². The number of hydrogen-bond acceptors (Lipinski definition) is 5. The van der Waals surface area contributed by atoms with E-state index in [4.69, 9.17) is 4.98 Å². The van der Waals surface area contributed by atoms with Gasteiger partial charge in [0.2, 0.25) is 11.8 Å². The largest absolute Gasteiger partial charge is 0.325 e. The maximum absolute atomic E-state index is 12.4. The van der Waals surface area contributed by atoms with Crippen molar-refractivity contribution in [2.75, 3.05) is 5.32 Å². The van der Waals surface area contributed by atoms with Gasteiger partial charge in [0, 0.05) is 28.6 Å². The summed E-state index contributed by atoms with van der Waals surface area (Å²) in [6, 6.07) is 17.2. The number of nitrogens with zero attached hydrogens (tertiary/aromatic N) is 1. The van der Waals surface area contributed by atoms with Gasteiger partial charge in [-0.2, -0.15) is 0 Å². The molecule has 0 aliphatic carbocycles. The van der Waals surface area contributed by atoms with Gasteiger partial charge >= 0.3 is 0 Å². The highest BCUT2D eigenvalue weighted by atomic mass is 32.1. The average molecular weight is 378 g/mol. The summed E-state index contributed by atoms with van der Waals surface area (Å²) in [7, 11) is 0. The van der Waals surface area contributed by atoms with Crippen molar-refractivity contribution < 1.29 is 9.59 Å². The smallest absolute Gasteiger partial charge is 0.243 e. The Morgan fingerprint density at radius 2 is 1.93 bits per heavy atom. The van der Waals surface area contributed by atoms with Crippen molar-refractivity contribution in [2.45, 2.75) is 18.9 Å². The van der Waals surface area contributed by atoms with Crippen molar-refractivity contribution in [2.24, 2.45) is 0 Å². The van der Waals surface area contributed by atoms with Gasteiger partial charge in [0.1, 0.15) is 11.0 Å². The molecule has 2 aromatic carbocycles. The van der Waals surface area contributed by atoms with Crippen LogP contribution >= 0.6 is 11.3 Å². The Kier molecular flexibility index (Phi) is 4.95. The van der Waals surface area contributed by atoms with E-state index in [0.29, 0.717) is 18.5 Å². The molecule has 6 nitrogen and oxygen atoms in total. The molecule has 1 fully saturated rings. The Labute approximate surface area is 160 Å². The minimum absolute atomic E-state index is 0.0983. The molecule has 0 bridgehead atoms. The zero-order chi connectivity index (χ0) is 18.6. The van der Waals surface area contributed by atoms with E-state index in [0.717, 1.165) is 21.8 Å². The van der Waals surface area contributed by atoms with Gasteiger partial charge < -0.3 is 5.32 Å². The Hall–Kier alpha value is -3.03. The Bertz CT molecular complexity index is 961. The topological polar surface area (TPSA) is 83.1 Å². The summed E-state index contributed by atoms with van der Waals surface area (Å²) in [5, 5.41) is 5.87. The fourth-order valence-electron chi connectivity index (χ4n) is 2.88. The first-order valence-electron chi connectivity index (χ1n) is 8.66. The third kappa shape index (κ3) is 4.05. The average Bonchev–Trinajstić information content (AvgIpc) is 3.20. The van der Waals surface area contributed by atoms with E-state index < -0.39 is 6.04 Å². The van der Waals surface area contributed by atoms with Gasteiger partial charge in [-0.05, 0) is 18.6 Å². The molecular formula is C20H18N4O2S. The van der Waals surface area contributed by atoms with Crippen LogP contribution in [0.5, 0.6) is 0 Å². The first kappa shape index (κ1) is 17.4. The number of aromatic nitrogens is 1. The maximum atomic E-state index is 12.4. The minimum atomic E-state index is -0.435. The number of carbonyl (C=O) groups is 2. The summed E-state index contributed by atoms with van der Waals surface area (Å²) in [5.41, 5.74) is 8.83. The molecule has 7 heteroatoms. The van der Waals surface area contributed by atoms with E-state index in [-0.39, 0.29) is 11.8 Å². The Balaban J connectivity index is 1.49. The summed E-state index contributed by atoms with van der Waals surface area (Å²) in [6.07, 6.45) is 0.816. The molecule has 0 saturated carbocycles. The van der Waals surface area contributed by atoms with Crippen LogP contribution in [0.4, 0.5) is 5.69 Å². The van der Waals surface area contributed by atoms with E-state index in [2.05, 4.69) is 16.2 Å². The van der Waals surface area contributed by atoms with E-state index in [1.807, 2.05) is 60.0 Å². The Morgan fingerprint density at radius 3 is 2.70 bits per heavy atom. The lowest BCUT2D eigenvalue weighted by Gasteiger charge is -2.23. The highest BCUT2D eigenvalue weighted by Crippen LogP contribution is 2.29. The van der Waals surface area contributed by atoms with Crippen LogP contribution in [-0.2, 0) is 9.59 Å². The second-order valence-corrected chi connectivity index (χ2v) is 7.12. The summed E-state index contributed by atoms with van der Waals surface area (Å²) < 4.78 is 0. The zero-order valence-electron chi connectivity index (χ0n) is 14.4. The number of nitrogens with one attached hydrogen (secondary N) is 3. The van der Waals surface area contributed by atoms with Gasteiger partial charge in [-0.25, -0.2) is 10.4 Å². The molecule has 27 heavy (non-hydrogen) atoms. The standard InChI is InChI=1S/C20H18N4O2S/c25-18-10-9-16(23-24-18)19(26)21-15-8-4-7-14(11-15)17-12-27-20(22-17)13-5-2-1-3-6-13/h1-8,11-12,16,23H,9-10H2,(H,21,26)(H,24,25). The lowest BCUT2D eigenvalue weighted by Crippen LogP contribution is -2.54. The molecule has 0 radical (unpaired) electrons. The van der Waals surface area contributed by atoms with Gasteiger partial charge in [-0.1, -0.05) is 42.5 Å². The maximum Gasteiger partial charge on any atom is 0.243 e. The molecule has 2 amide bonds. The molecule has 0 spiro atoms. The van der Waals surface area contributed by atoms with E-state index in [9.17, 15) is 9.59 Å². The van der Waals surface area contributed by atoms with Crippen molar-refractivity contribution >= 4 is 28.8 Å². The first-order valence-corrected chi connectivity index (χ1v) is 9.53. The molecule has 4 rings (SSSR count). The monoisotopic (exact) mass is 378 g/mol. The van der Waals surface area contributed by atoms with Gasteiger partial charge in [-0.3, -0.25) is 15.0 Å². The van der Waals surface area contributed by atoms with Crippen molar-refractivity contribution in [3.8, 4) is 21.8 Å². The van der Waals surface area contributed by atoms with Crippen LogP contribution in [0.15, 0.2) is 60.0 Å². The van der Waals surface area contributed by atoms with Gasteiger partial charge in [-0.15, -0.1) is 11.3 Å². The number of thiazole rings is 1. The molecule has 1 aliphatic heterocycles. The summed E-state index contributed by atoms with van der Waals surface area (Å²) in [6.45, 7) is 0. The lowest BCUT2D eigenvalue weighted by atomic mass is 10.1. The minimum Gasteiger partial charge on any atom is -0.325 e. The molecule has 1 aliphatic rings. The molecule has 136 valence electrons. The predicted molar refractivity (Wildman–Crippen MR) is 106 cm³/mol. The molecular weight excluding hydrogens is 360 g/mol. The van der Waals surface area contributed by atoms with Crippen LogP contribution in [0, 0.1) is 0 Å². The third-order valence-electron chi connectivity index (χ3n) is 4.31. The fourth-order valence-corrected chi connectivity index (χ4v) is 3.71. The molecule has 2 heterocycles. The zero-order valence-corrected chi connectivity index (χ0v) is 15.3. The highest BCUT2D eigenvalue weighted by Gasteiger charge is 2.24. The van der Waals surface area contributed by atoms with Gasteiger partial charge in [0.15, 0.2) is 0 Å². The highest BCUT2D eigenvalue weighted by molar-refractivity contribution is 7.13. The third-order valence-corrected chi connectivity index (χ3v) is 5.20. The van der Waals surface area contributed by atoms with Crippen LogP contribution in [0.1, 0.15) is 12.8 Å². The summed E-state index contributed by atoms with van der Waals surface area (Å²) in [5.74, 6) is -0.269. The molecule has 1 aromatic heterocycles. The number of amides is 2. The quantitative estimate of drug-likeness (QED) is 0.651. The molecule has 1 saturated heterocycles. The Morgan fingerprint density at radius 1 is 1.11 bits per heavy atom. The number of carbonyl (C=O) groups excluding carboxylic acids is 2. The van der Waals surface area contributed by atoms with Crippen LogP contribution in [-0.4, -0.2) is 22.8 Å². The second-order valence-electron chi connectivity index (χ2n) is 6.26. The SMILES string of the molecule is O=C1CCC(C(=O)Nc2cccc(-c3csc(-c4ccccc4)n3)c2)NN1. The van der Waals surface area contributed by atoms with E-state index >= 15 is 0 Å². The van der Waals surface area contributed by atoms with Crippen LogP contribution in [0.2, 0.25) is 0 Å². The normalized spacial score (nSPS) is 16.6. The fraction of sp³-hybridized carbons (Fsp3) is 0.150. The number of anilines is 1. The predicted octanol–water partition coefficient (Wildman–Crippen LogP) is 3.20. The number of hydrazine groups is 1.